The average Bonchev–Trinajstić information content (AvgIpc) is 3.25. The largest absolute Gasteiger partial charge is 0.356 e. The second-order valence-electron chi connectivity index (χ2n) is 5.55. The maximum absolute atomic E-state index is 4.27. The normalized spacial score (nSPS) is 15.0. The van der Waals surface area contributed by atoms with Crippen molar-refractivity contribution in [3.05, 3.63) is 34.0 Å². The molecule has 0 aliphatic carbocycles. The Bertz CT molecular complexity index is 636. The van der Waals surface area contributed by atoms with Crippen LogP contribution in [0.1, 0.15) is 36.5 Å². The van der Waals surface area contributed by atoms with Crippen molar-refractivity contribution in [2.45, 2.75) is 38.8 Å². The summed E-state index contributed by atoms with van der Waals surface area (Å²) in [4.78, 5) is 4.27. The van der Waals surface area contributed by atoms with Crippen molar-refractivity contribution in [1.82, 2.24) is 25.4 Å². The van der Waals surface area contributed by atoms with Gasteiger partial charge in [0.05, 0.1) is 6.54 Å². The molecule has 0 fully saturated rings. The van der Waals surface area contributed by atoms with Crippen LogP contribution in [0.3, 0.4) is 0 Å². The maximum Gasteiger partial charge on any atom is 0.191 e. The molecule has 1 atom stereocenters. The number of guanidine groups is 1. The van der Waals surface area contributed by atoms with Crippen LogP contribution in [0.15, 0.2) is 21.8 Å². The molecule has 3 rings (SSSR count). The monoisotopic (exact) mass is 446 g/mol. The minimum absolute atomic E-state index is 0. The number of halogens is 1. The zero-order chi connectivity index (χ0) is 15.4. The summed E-state index contributed by atoms with van der Waals surface area (Å²) in [5, 5.41) is 19.5. The summed E-state index contributed by atoms with van der Waals surface area (Å²) in [5.74, 6) is 3.35. The molecule has 126 valence electrons. The van der Waals surface area contributed by atoms with Gasteiger partial charge in [0.1, 0.15) is 5.82 Å². The molecule has 0 spiro atoms. The van der Waals surface area contributed by atoms with Gasteiger partial charge in [-0.25, -0.2) is 0 Å². The molecule has 0 saturated heterocycles. The highest BCUT2D eigenvalue weighted by Crippen LogP contribution is 2.17. The summed E-state index contributed by atoms with van der Waals surface area (Å²) in [7, 11) is 1.79. The molecule has 0 aromatic carbocycles. The van der Waals surface area contributed by atoms with Crippen LogP contribution in [0.5, 0.6) is 0 Å². The average molecular weight is 446 g/mol. The molecule has 0 radical (unpaired) electrons. The van der Waals surface area contributed by atoms with Crippen molar-refractivity contribution in [2.75, 3.05) is 13.6 Å². The van der Waals surface area contributed by atoms with E-state index in [1.54, 1.807) is 18.4 Å². The quantitative estimate of drug-likeness (QED) is 0.421. The van der Waals surface area contributed by atoms with Crippen molar-refractivity contribution in [3.63, 3.8) is 0 Å². The lowest BCUT2D eigenvalue weighted by molar-refractivity contribution is 0.654. The van der Waals surface area contributed by atoms with Crippen molar-refractivity contribution < 1.29 is 0 Å². The molecule has 2 aromatic rings. The predicted molar refractivity (Wildman–Crippen MR) is 105 cm³/mol. The van der Waals surface area contributed by atoms with Crippen LogP contribution >= 0.6 is 35.3 Å². The molecule has 2 N–H and O–H groups in total. The number of aliphatic imine (C=N–C) groups is 1. The highest BCUT2D eigenvalue weighted by atomic mass is 127. The van der Waals surface area contributed by atoms with E-state index in [0.29, 0.717) is 12.5 Å². The van der Waals surface area contributed by atoms with E-state index in [4.69, 9.17) is 0 Å². The summed E-state index contributed by atoms with van der Waals surface area (Å²) in [6, 6.07) is 2.17. The lowest BCUT2D eigenvalue weighted by Gasteiger charge is -2.15. The zero-order valence-electron chi connectivity index (χ0n) is 13.5. The van der Waals surface area contributed by atoms with Crippen LogP contribution in [-0.4, -0.2) is 34.3 Å². The molecule has 6 nitrogen and oxygen atoms in total. The Hall–Kier alpha value is -1.16. The number of hydrogen-bond donors (Lipinski definition) is 2. The third-order valence-corrected chi connectivity index (χ3v) is 4.71. The molecule has 1 aliphatic heterocycles. The number of hydrogen-bond acceptors (Lipinski definition) is 4. The number of aryl methyl sites for hydroxylation is 1. The van der Waals surface area contributed by atoms with E-state index in [1.165, 1.54) is 12.0 Å². The highest BCUT2D eigenvalue weighted by Gasteiger charge is 2.17. The number of aromatic nitrogens is 3. The third kappa shape index (κ3) is 4.43. The van der Waals surface area contributed by atoms with Crippen molar-refractivity contribution >= 4 is 41.3 Å². The van der Waals surface area contributed by atoms with Crippen LogP contribution in [0, 0.1) is 0 Å². The van der Waals surface area contributed by atoms with Gasteiger partial charge in [-0.15, -0.1) is 34.2 Å². The van der Waals surface area contributed by atoms with E-state index in [2.05, 4.69) is 54.1 Å². The van der Waals surface area contributed by atoms with Gasteiger partial charge in [0.2, 0.25) is 0 Å². The number of fused-ring (bicyclic) bond motifs is 1. The highest BCUT2D eigenvalue weighted by molar-refractivity contribution is 14.0. The van der Waals surface area contributed by atoms with E-state index < -0.39 is 0 Å². The van der Waals surface area contributed by atoms with Gasteiger partial charge in [0.25, 0.3) is 0 Å². The van der Waals surface area contributed by atoms with Crippen LogP contribution in [0.25, 0.3) is 0 Å². The number of rotatable bonds is 5. The van der Waals surface area contributed by atoms with Gasteiger partial charge in [-0.1, -0.05) is 6.92 Å². The summed E-state index contributed by atoms with van der Waals surface area (Å²) < 4.78 is 2.20. The van der Waals surface area contributed by atoms with E-state index in [1.807, 2.05) is 0 Å². The van der Waals surface area contributed by atoms with Crippen LogP contribution < -0.4 is 10.6 Å². The molecule has 0 amide bonds. The molecule has 0 saturated carbocycles. The van der Waals surface area contributed by atoms with E-state index in [-0.39, 0.29) is 24.0 Å². The first-order chi connectivity index (χ1) is 10.8. The van der Waals surface area contributed by atoms with Gasteiger partial charge in [-0.05, 0) is 34.7 Å². The Morgan fingerprint density at radius 2 is 2.30 bits per heavy atom. The fourth-order valence-electron chi connectivity index (χ4n) is 2.65. The second-order valence-corrected chi connectivity index (χ2v) is 6.33. The predicted octanol–water partition coefficient (Wildman–Crippen LogP) is 2.37. The molecule has 2 aromatic heterocycles. The lowest BCUT2D eigenvalue weighted by Crippen LogP contribution is -2.39. The number of nitrogens with one attached hydrogen (secondary N) is 2. The summed E-state index contributed by atoms with van der Waals surface area (Å²) in [6.07, 6.45) is 2.21. The number of nitrogens with zero attached hydrogens (tertiary/aromatic N) is 4. The van der Waals surface area contributed by atoms with Gasteiger partial charge in [0, 0.05) is 26.6 Å². The molecule has 23 heavy (non-hydrogen) atoms. The Morgan fingerprint density at radius 1 is 1.43 bits per heavy atom. The Balaban J connectivity index is 0.00000192. The Morgan fingerprint density at radius 3 is 3.04 bits per heavy atom. The SMILES string of the molecule is CN=C(NCc1nnc2n1CCC2)NCC(C)c1ccsc1.I. The topological polar surface area (TPSA) is 67.1 Å². The second kappa shape index (κ2) is 8.62. The molecule has 1 unspecified atom stereocenters. The van der Waals surface area contributed by atoms with Crippen molar-refractivity contribution in [3.8, 4) is 0 Å². The molecule has 8 heteroatoms. The standard InChI is InChI=1S/C15H22N6S.HI/c1-11(12-5-7-22-10-12)8-17-15(16-2)18-9-14-20-19-13-4-3-6-21(13)14;/h5,7,10-11H,3-4,6,8-9H2,1-2H3,(H2,16,17,18);1H. The van der Waals surface area contributed by atoms with Gasteiger partial charge < -0.3 is 15.2 Å². The fourth-order valence-corrected chi connectivity index (χ4v) is 3.43. The third-order valence-electron chi connectivity index (χ3n) is 4.01. The van der Waals surface area contributed by atoms with Gasteiger partial charge in [-0.2, -0.15) is 11.3 Å². The van der Waals surface area contributed by atoms with Gasteiger partial charge >= 0.3 is 0 Å². The molecule has 0 bridgehead atoms. The van der Waals surface area contributed by atoms with Gasteiger partial charge in [0.15, 0.2) is 11.8 Å². The smallest absolute Gasteiger partial charge is 0.191 e. The first-order valence-electron chi connectivity index (χ1n) is 7.65. The fraction of sp³-hybridized carbons (Fsp3) is 0.533. The van der Waals surface area contributed by atoms with Crippen LogP contribution in [0.4, 0.5) is 0 Å². The summed E-state index contributed by atoms with van der Waals surface area (Å²) >= 11 is 1.74. The number of thiophene rings is 1. The molecule has 3 heterocycles. The first-order valence-corrected chi connectivity index (χ1v) is 8.59. The van der Waals surface area contributed by atoms with E-state index >= 15 is 0 Å². The van der Waals surface area contributed by atoms with E-state index in [9.17, 15) is 0 Å². The summed E-state index contributed by atoms with van der Waals surface area (Å²) in [5.41, 5.74) is 1.36. The first kappa shape index (κ1) is 18.2. The van der Waals surface area contributed by atoms with Crippen LogP contribution in [-0.2, 0) is 19.5 Å². The van der Waals surface area contributed by atoms with Gasteiger partial charge in [-0.3, -0.25) is 4.99 Å². The molecular weight excluding hydrogens is 423 g/mol. The lowest BCUT2D eigenvalue weighted by atomic mass is 10.1. The summed E-state index contributed by atoms with van der Waals surface area (Å²) in [6.45, 7) is 4.75. The molecule has 1 aliphatic rings. The Labute approximate surface area is 157 Å². The van der Waals surface area contributed by atoms with Crippen LogP contribution in [0.2, 0.25) is 0 Å². The molecular formula is C15H23IN6S. The maximum atomic E-state index is 4.27. The van der Waals surface area contributed by atoms with Crippen molar-refractivity contribution in [2.24, 2.45) is 4.99 Å². The van der Waals surface area contributed by atoms with Crippen molar-refractivity contribution in [1.29, 1.82) is 0 Å². The Kier molecular flexibility index (Phi) is 6.82. The van der Waals surface area contributed by atoms with E-state index in [0.717, 1.165) is 37.1 Å². The minimum atomic E-state index is 0. The minimum Gasteiger partial charge on any atom is -0.356 e. The zero-order valence-corrected chi connectivity index (χ0v) is 16.6.